The van der Waals surface area contributed by atoms with Gasteiger partial charge in [-0.3, -0.25) is 4.98 Å². The van der Waals surface area contributed by atoms with Crippen molar-refractivity contribution in [1.29, 1.82) is 0 Å². The molecule has 86 valence electrons. The van der Waals surface area contributed by atoms with Gasteiger partial charge in [-0.2, -0.15) is 0 Å². The Hall–Kier alpha value is -2.20. The molecule has 1 aromatic heterocycles. The van der Waals surface area contributed by atoms with Crippen molar-refractivity contribution < 1.29 is 15.0 Å². The predicted octanol–water partition coefficient (Wildman–Crippen LogP) is 1.40. The average Bonchev–Trinajstić information content (AvgIpc) is 2.39. The summed E-state index contributed by atoms with van der Waals surface area (Å²) in [4.78, 5) is 15.2. The number of carbonyl (C=O) groups is 1. The van der Waals surface area contributed by atoms with Gasteiger partial charge in [0.15, 0.2) is 0 Å². The van der Waals surface area contributed by atoms with Crippen LogP contribution in [-0.2, 0) is 10.4 Å². The van der Waals surface area contributed by atoms with E-state index in [9.17, 15) is 15.0 Å². The third kappa shape index (κ3) is 1.90. The van der Waals surface area contributed by atoms with Crippen LogP contribution in [0.25, 0.3) is 0 Å². The molecule has 1 atom stereocenters. The third-order valence-corrected chi connectivity index (χ3v) is 2.54. The molecule has 0 fully saturated rings. The number of carboxylic acids is 1. The number of hydrogen-bond donors (Lipinski definition) is 2. The molecule has 1 unspecified atom stereocenters. The number of pyridine rings is 1. The first-order valence-corrected chi connectivity index (χ1v) is 5.08. The van der Waals surface area contributed by atoms with Crippen molar-refractivity contribution in [3.05, 3.63) is 66.0 Å². The highest BCUT2D eigenvalue weighted by Gasteiger charge is 2.41. The average molecular weight is 229 g/mol. The molecule has 0 saturated carbocycles. The lowest BCUT2D eigenvalue weighted by Gasteiger charge is -2.23. The first-order chi connectivity index (χ1) is 8.15. The van der Waals surface area contributed by atoms with Crippen molar-refractivity contribution in [1.82, 2.24) is 4.98 Å². The van der Waals surface area contributed by atoms with Crippen molar-refractivity contribution in [3.63, 3.8) is 0 Å². The molecule has 2 rings (SSSR count). The quantitative estimate of drug-likeness (QED) is 0.834. The van der Waals surface area contributed by atoms with Gasteiger partial charge in [-0.05, 0) is 12.1 Å². The zero-order valence-corrected chi connectivity index (χ0v) is 8.95. The van der Waals surface area contributed by atoms with Gasteiger partial charge in [0.05, 0.1) is 5.69 Å². The minimum atomic E-state index is -2.11. The number of nitrogens with zero attached hydrogens (tertiary/aromatic N) is 1. The second-order valence-electron chi connectivity index (χ2n) is 3.60. The fraction of sp³-hybridized carbons (Fsp3) is 0.0769. The first kappa shape index (κ1) is 11.3. The number of hydrogen-bond acceptors (Lipinski definition) is 3. The highest BCUT2D eigenvalue weighted by Crippen LogP contribution is 2.28. The van der Waals surface area contributed by atoms with Crippen LogP contribution in [0.5, 0.6) is 0 Å². The Labute approximate surface area is 98.2 Å². The molecule has 0 spiro atoms. The molecular weight excluding hydrogens is 218 g/mol. The van der Waals surface area contributed by atoms with E-state index in [-0.39, 0.29) is 11.3 Å². The zero-order valence-electron chi connectivity index (χ0n) is 8.95. The van der Waals surface area contributed by atoms with Crippen molar-refractivity contribution >= 4 is 5.97 Å². The molecular formula is C13H11NO3. The lowest BCUT2D eigenvalue weighted by atomic mass is 9.90. The van der Waals surface area contributed by atoms with Gasteiger partial charge in [0, 0.05) is 11.8 Å². The maximum absolute atomic E-state index is 11.3. The maximum Gasteiger partial charge on any atom is 0.346 e. The van der Waals surface area contributed by atoms with Gasteiger partial charge >= 0.3 is 5.97 Å². The SMILES string of the molecule is O=C(O)C(O)(c1ccccc1)c1ccccn1. The van der Waals surface area contributed by atoms with E-state index in [0.29, 0.717) is 0 Å². The lowest BCUT2D eigenvalue weighted by molar-refractivity contribution is -0.155. The topological polar surface area (TPSA) is 70.4 Å². The summed E-state index contributed by atoms with van der Waals surface area (Å²) in [5.74, 6) is -1.34. The van der Waals surface area contributed by atoms with Crippen LogP contribution in [0.2, 0.25) is 0 Å². The highest BCUT2D eigenvalue weighted by atomic mass is 16.4. The Morgan fingerprint density at radius 2 is 1.71 bits per heavy atom. The van der Waals surface area contributed by atoms with Gasteiger partial charge in [-0.1, -0.05) is 36.4 Å². The standard InChI is InChI=1S/C13H11NO3/c15-12(16)13(17,10-6-2-1-3-7-10)11-8-4-5-9-14-11/h1-9,17H,(H,15,16). The number of rotatable bonds is 3. The van der Waals surface area contributed by atoms with Crippen LogP contribution in [0.3, 0.4) is 0 Å². The second kappa shape index (κ2) is 4.35. The second-order valence-corrected chi connectivity index (χ2v) is 3.60. The Morgan fingerprint density at radius 1 is 1.06 bits per heavy atom. The monoisotopic (exact) mass is 229 g/mol. The predicted molar refractivity (Wildman–Crippen MR) is 61.3 cm³/mol. The maximum atomic E-state index is 11.3. The minimum Gasteiger partial charge on any atom is -0.479 e. The Morgan fingerprint density at radius 3 is 2.24 bits per heavy atom. The van der Waals surface area contributed by atoms with E-state index in [1.807, 2.05) is 0 Å². The van der Waals surface area contributed by atoms with Gasteiger partial charge in [-0.25, -0.2) is 4.79 Å². The number of benzene rings is 1. The van der Waals surface area contributed by atoms with E-state index < -0.39 is 11.6 Å². The van der Waals surface area contributed by atoms with Crippen molar-refractivity contribution in [2.45, 2.75) is 5.60 Å². The van der Waals surface area contributed by atoms with E-state index >= 15 is 0 Å². The van der Waals surface area contributed by atoms with E-state index in [0.717, 1.165) is 0 Å². The molecule has 4 heteroatoms. The van der Waals surface area contributed by atoms with Crippen LogP contribution >= 0.6 is 0 Å². The summed E-state index contributed by atoms with van der Waals surface area (Å²) in [6.07, 6.45) is 1.45. The number of aliphatic hydroxyl groups is 1. The summed E-state index contributed by atoms with van der Waals surface area (Å²) >= 11 is 0. The number of aromatic nitrogens is 1. The van der Waals surface area contributed by atoms with Crippen molar-refractivity contribution in [2.24, 2.45) is 0 Å². The largest absolute Gasteiger partial charge is 0.479 e. The number of aliphatic carboxylic acids is 1. The van der Waals surface area contributed by atoms with Crippen LogP contribution in [0.4, 0.5) is 0 Å². The molecule has 4 nitrogen and oxygen atoms in total. The molecule has 17 heavy (non-hydrogen) atoms. The Kier molecular flexibility index (Phi) is 2.89. The molecule has 0 aliphatic carbocycles. The molecule has 1 aromatic carbocycles. The molecule has 2 N–H and O–H groups in total. The molecule has 2 aromatic rings. The van der Waals surface area contributed by atoms with Gasteiger partial charge in [0.1, 0.15) is 0 Å². The Balaban J connectivity index is 2.59. The summed E-state index contributed by atoms with van der Waals surface area (Å²) in [6.45, 7) is 0. The molecule has 1 heterocycles. The summed E-state index contributed by atoms with van der Waals surface area (Å²) < 4.78 is 0. The van der Waals surface area contributed by atoms with Crippen molar-refractivity contribution in [2.75, 3.05) is 0 Å². The molecule has 0 aliphatic heterocycles. The van der Waals surface area contributed by atoms with Crippen LogP contribution in [0, 0.1) is 0 Å². The normalized spacial score (nSPS) is 13.9. The van der Waals surface area contributed by atoms with E-state index in [1.54, 1.807) is 42.5 Å². The van der Waals surface area contributed by atoms with E-state index in [2.05, 4.69) is 4.98 Å². The minimum absolute atomic E-state index is 0.0960. The molecule has 0 bridgehead atoms. The van der Waals surface area contributed by atoms with E-state index in [4.69, 9.17) is 0 Å². The van der Waals surface area contributed by atoms with Crippen LogP contribution in [0.1, 0.15) is 11.3 Å². The summed E-state index contributed by atoms with van der Waals surface area (Å²) in [5.41, 5.74) is -1.73. The number of carboxylic acid groups (broad SMARTS) is 1. The van der Waals surface area contributed by atoms with Crippen LogP contribution in [0.15, 0.2) is 54.7 Å². The first-order valence-electron chi connectivity index (χ1n) is 5.08. The summed E-state index contributed by atoms with van der Waals surface area (Å²) in [6, 6.07) is 13.0. The summed E-state index contributed by atoms with van der Waals surface area (Å²) in [5, 5.41) is 19.6. The van der Waals surface area contributed by atoms with E-state index in [1.165, 1.54) is 12.3 Å². The van der Waals surface area contributed by atoms with Crippen LogP contribution in [-0.4, -0.2) is 21.2 Å². The van der Waals surface area contributed by atoms with Gasteiger partial charge < -0.3 is 10.2 Å². The smallest absolute Gasteiger partial charge is 0.346 e. The molecule has 0 saturated heterocycles. The van der Waals surface area contributed by atoms with Gasteiger partial charge in [0.25, 0.3) is 0 Å². The molecule has 0 radical (unpaired) electrons. The van der Waals surface area contributed by atoms with Gasteiger partial charge in [-0.15, -0.1) is 0 Å². The van der Waals surface area contributed by atoms with Crippen LogP contribution < -0.4 is 0 Å². The van der Waals surface area contributed by atoms with Crippen molar-refractivity contribution in [3.8, 4) is 0 Å². The Bertz CT molecular complexity index is 471. The molecule has 0 amide bonds. The summed E-state index contributed by atoms with van der Waals surface area (Å²) in [7, 11) is 0. The zero-order chi connectivity index (χ0) is 12.3. The highest BCUT2D eigenvalue weighted by molar-refractivity contribution is 5.82. The third-order valence-electron chi connectivity index (χ3n) is 2.54. The fourth-order valence-electron chi connectivity index (χ4n) is 1.64. The molecule has 0 aliphatic rings. The lowest BCUT2D eigenvalue weighted by Crippen LogP contribution is -2.37. The van der Waals surface area contributed by atoms with Gasteiger partial charge in [0.2, 0.25) is 5.60 Å². The fourth-order valence-corrected chi connectivity index (χ4v) is 1.64.